The summed E-state index contributed by atoms with van der Waals surface area (Å²) in [6.07, 6.45) is 0.376. The monoisotopic (exact) mass is 221 g/mol. The molecule has 0 aromatic carbocycles. The highest BCUT2D eigenvalue weighted by molar-refractivity contribution is 7.99. The van der Waals surface area contributed by atoms with E-state index < -0.39 is 0 Å². The first-order valence-electron chi connectivity index (χ1n) is 4.80. The molecule has 0 saturated carbocycles. The van der Waals surface area contributed by atoms with Crippen LogP contribution in [0.25, 0.3) is 0 Å². The largest absolute Gasteiger partial charge is 0.447 e. The van der Waals surface area contributed by atoms with Crippen LogP contribution in [0.15, 0.2) is 0 Å². The van der Waals surface area contributed by atoms with E-state index in [4.69, 9.17) is 9.84 Å². The molecule has 0 aliphatic heterocycles. The van der Waals surface area contributed by atoms with Gasteiger partial charge in [-0.1, -0.05) is 0 Å². The first kappa shape index (κ1) is 13.6. The van der Waals surface area contributed by atoms with Gasteiger partial charge in [0.05, 0.1) is 6.10 Å². The number of aliphatic hydroxyl groups is 1. The Labute approximate surface area is 89.4 Å². The van der Waals surface area contributed by atoms with Gasteiger partial charge in [-0.15, -0.1) is 0 Å². The quantitative estimate of drug-likeness (QED) is 0.635. The Morgan fingerprint density at radius 1 is 1.50 bits per heavy atom. The first-order valence-corrected chi connectivity index (χ1v) is 5.95. The molecule has 1 amide bonds. The van der Waals surface area contributed by atoms with Crippen molar-refractivity contribution >= 4 is 17.9 Å². The number of thioether (sulfide) groups is 1. The van der Waals surface area contributed by atoms with Gasteiger partial charge in [-0.2, -0.15) is 11.8 Å². The van der Waals surface area contributed by atoms with E-state index in [1.54, 1.807) is 11.8 Å². The summed E-state index contributed by atoms with van der Waals surface area (Å²) in [5.41, 5.74) is 0. The molecule has 0 spiro atoms. The van der Waals surface area contributed by atoms with Crippen molar-refractivity contribution in [3.8, 4) is 0 Å². The fraction of sp³-hybridized carbons (Fsp3) is 0.889. The van der Waals surface area contributed by atoms with Crippen LogP contribution in [0.1, 0.15) is 20.3 Å². The number of hydrogen-bond donors (Lipinski definition) is 2. The van der Waals surface area contributed by atoms with Crippen LogP contribution in [0.4, 0.5) is 4.79 Å². The molecule has 4 nitrogen and oxygen atoms in total. The topological polar surface area (TPSA) is 58.6 Å². The number of nitrogens with one attached hydrogen (secondary N) is 1. The summed E-state index contributed by atoms with van der Waals surface area (Å²) in [5.74, 6) is 1.78. The Kier molecular flexibility index (Phi) is 8.87. The maximum absolute atomic E-state index is 11.0. The molecule has 0 unspecified atom stereocenters. The van der Waals surface area contributed by atoms with E-state index in [1.807, 2.05) is 13.8 Å². The number of rotatable bonds is 7. The van der Waals surface area contributed by atoms with Gasteiger partial charge in [0.1, 0.15) is 0 Å². The van der Waals surface area contributed by atoms with E-state index in [2.05, 4.69) is 5.32 Å². The summed E-state index contributed by atoms with van der Waals surface area (Å²) in [6, 6.07) is 0. The third kappa shape index (κ3) is 9.67. The van der Waals surface area contributed by atoms with Gasteiger partial charge < -0.3 is 15.2 Å². The van der Waals surface area contributed by atoms with Crippen LogP contribution in [-0.4, -0.2) is 42.0 Å². The molecule has 0 atom stereocenters. The fourth-order valence-corrected chi connectivity index (χ4v) is 1.53. The van der Waals surface area contributed by atoms with Crippen LogP contribution in [0.3, 0.4) is 0 Å². The molecule has 84 valence electrons. The number of amides is 1. The van der Waals surface area contributed by atoms with Gasteiger partial charge in [-0.3, -0.25) is 0 Å². The molecular weight excluding hydrogens is 202 g/mol. The molecule has 0 fully saturated rings. The van der Waals surface area contributed by atoms with E-state index in [9.17, 15) is 4.79 Å². The van der Waals surface area contributed by atoms with Gasteiger partial charge in [-0.05, 0) is 26.0 Å². The van der Waals surface area contributed by atoms with E-state index in [0.717, 1.165) is 17.9 Å². The lowest BCUT2D eigenvalue weighted by Gasteiger charge is -2.08. The average Bonchev–Trinajstić information content (AvgIpc) is 2.10. The highest BCUT2D eigenvalue weighted by Crippen LogP contribution is 2.00. The molecule has 0 bridgehead atoms. The van der Waals surface area contributed by atoms with Crippen molar-refractivity contribution in [1.82, 2.24) is 5.32 Å². The second kappa shape index (κ2) is 9.15. The van der Waals surface area contributed by atoms with Crippen molar-refractivity contribution in [1.29, 1.82) is 0 Å². The predicted octanol–water partition coefficient (Wildman–Crippen LogP) is 1.24. The summed E-state index contributed by atoms with van der Waals surface area (Å²) in [6.45, 7) is 4.47. The van der Waals surface area contributed by atoms with E-state index in [-0.39, 0.29) is 18.8 Å². The van der Waals surface area contributed by atoms with Crippen molar-refractivity contribution in [2.45, 2.75) is 26.4 Å². The molecule has 2 N–H and O–H groups in total. The maximum atomic E-state index is 11.0. The smallest absolute Gasteiger partial charge is 0.407 e. The molecule has 5 heteroatoms. The molecule has 0 radical (unpaired) electrons. The highest BCUT2D eigenvalue weighted by Gasteiger charge is 2.02. The van der Waals surface area contributed by atoms with Crippen LogP contribution in [-0.2, 0) is 4.74 Å². The van der Waals surface area contributed by atoms with Gasteiger partial charge in [0, 0.05) is 18.9 Å². The molecule has 0 heterocycles. The van der Waals surface area contributed by atoms with Crippen LogP contribution < -0.4 is 5.32 Å². The fourth-order valence-electron chi connectivity index (χ4n) is 0.750. The third-order valence-electron chi connectivity index (χ3n) is 1.31. The molecule has 0 saturated heterocycles. The number of hydrogen-bond acceptors (Lipinski definition) is 4. The Hall–Kier alpha value is -0.420. The Morgan fingerprint density at radius 2 is 2.21 bits per heavy atom. The molecule has 0 rings (SSSR count). The van der Waals surface area contributed by atoms with Gasteiger partial charge in [0.15, 0.2) is 0 Å². The van der Waals surface area contributed by atoms with Gasteiger partial charge >= 0.3 is 6.09 Å². The minimum absolute atomic E-state index is 0.0722. The molecule has 0 aromatic heterocycles. The normalized spacial score (nSPS) is 10.3. The minimum Gasteiger partial charge on any atom is -0.447 e. The van der Waals surface area contributed by atoms with Crippen molar-refractivity contribution in [3.63, 3.8) is 0 Å². The molecule has 14 heavy (non-hydrogen) atoms. The van der Waals surface area contributed by atoms with Gasteiger partial charge in [0.25, 0.3) is 0 Å². The van der Waals surface area contributed by atoms with Crippen LogP contribution in [0.5, 0.6) is 0 Å². The molecule has 0 aliphatic rings. The summed E-state index contributed by atoms with van der Waals surface area (Å²) < 4.78 is 4.88. The summed E-state index contributed by atoms with van der Waals surface area (Å²) >= 11 is 1.71. The van der Waals surface area contributed by atoms with Gasteiger partial charge in [0.2, 0.25) is 0 Å². The predicted molar refractivity (Wildman–Crippen MR) is 58.6 cm³/mol. The van der Waals surface area contributed by atoms with Crippen molar-refractivity contribution < 1.29 is 14.6 Å². The van der Waals surface area contributed by atoms with Crippen LogP contribution >= 0.6 is 11.8 Å². The lowest BCUT2D eigenvalue weighted by molar-refractivity contribution is 0.116. The standard InChI is InChI=1S/C9H19NO3S/c1-8(2)13-9(12)10-4-7-14-6-3-5-11/h8,11H,3-7H2,1-2H3,(H,10,12). The lowest BCUT2D eigenvalue weighted by atomic mass is 10.5. The molecular formula is C9H19NO3S. The number of aliphatic hydroxyl groups excluding tert-OH is 1. The average molecular weight is 221 g/mol. The summed E-state index contributed by atoms with van der Waals surface area (Å²) in [5, 5.41) is 11.2. The third-order valence-corrected chi connectivity index (χ3v) is 2.38. The Bertz CT molecular complexity index is 153. The van der Waals surface area contributed by atoms with E-state index in [0.29, 0.717) is 6.54 Å². The lowest BCUT2D eigenvalue weighted by Crippen LogP contribution is -2.28. The molecule has 0 aromatic rings. The first-order chi connectivity index (χ1) is 6.66. The van der Waals surface area contributed by atoms with E-state index >= 15 is 0 Å². The number of ether oxygens (including phenoxy) is 1. The van der Waals surface area contributed by atoms with Crippen molar-refractivity contribution in [2.75, 3.05) is 24.7 Å². The zero-order valence-corrected chi connectivity index (χ0v) is 9.60. The number of alkyl carbamates (subject to hydrolysis) is 1. The SMILES string of the molecule is CC(C)OC(=O)NCCSCCCO. The number of carbonyl (C=O) groups is 1. The van der Waals surface area contributed by atoms with Crippen LogP contribution in [0.2, 0.25) is 0 Å². The van der Waals surface area contributed by atoms with Crippen molar-refractivity contribution in [3.05, 3.63) is 0 Å². The van der Waals surface area contributed by atoms with E-state index in [1.165, 1.54) is 0 Å². The summed E-state index contributed by atoms with van der Waals surface area (Å²) in [7, 11) is 0. The maximum Gasteiger partial charge on any atom is 0.407 e. The van der Waals surface area contributed by atoms with Crippen molar-refractivity contribution in [2.24, 2.45) is 0 Å². The van der Waals surface area contributed by atoms with Crippen LogP contribution in [0, 0.1) is 0 Å². The highest BCUT2D eigenvalue weighted by atomic mass is 32.2. The van der Waals surface area contributed by atoms with Gasteiger partial charge in [-0.25, -0.2) is 4.79 Å². The Morgan fingerprint density at radius 3 is 2.79 bits per heavy atom. The number of carbonyl (C=O) groups excluding carboxylic acids is 1. The second-order valence-corrected chi connectivity index (χ2v) is 4.30. The molecule has 0 aliphatic carbocycles. The zero-order chi connectivity index (χ0) is 10.8. The second-order valence-electron chi connectivity index (χ2n) is 3.07. The Balaban J connectivity index is 3.15. The minimum atomic E-state index is -0.359. The zero-order valence-electron chi connectivity index (χ0n) is 8.78. The summed E-state index contributed by atoms with van der Waals surface area (Å²) in [4.78, 5) is 11.0.